The molecule has 0 radical (unpaired) electrons. The second-order valence-corrected chi connectivity index (χ2v) is 7.91. The zero-order valence-corrected chi connectivity index (χ0v) is 16.9. The maximum atomic E-state index is 13.5. The lowest BCUT2D eigenvalue weighted by Gasteiger charge is -2.35. The minimum Gasteiger partial charge on any atom is -0.469 e. The first-order valence-corrected chi connectivity index (χ1v) is 10.5. The molecule has 27 heavy (non-hydrogen) atoms. The van der Waals surface area contributed by atoms with Gasteiger partial charge in [-0.3, -0.25) is 14.7 Å². The van der Waals surface area contributed by atoms with Gasteiger partial charge in [0, 0.05) is 31.1 Å². The number of benzene rings is 1. The summed E-state index contributed by atoms with van der Waals surface area (Å²) in [6.45, 7) is 7.97. The highest BCUT2D eigenvalue weighted by atomic mass is 31.2. The molecule has 2 rings (SSSR count). The molecule has 1 aromatic rings. The first-order chi connectivity index (χ1) is 12.9. The van der Waals surface area contributed by atoms with Gasteiger partial charge in [0.05, 0.1) is 23.5 Å². The van der Waals surface area contributed by atoms with Gasteiger partial charge in [0.15, 0.2) is 6.29 Å². The van der Waals surface area contributed by atoms with Crippen molar-refractivity contribution < 1.29 is 28.0 Å². The lowest BCUT2D eigenvalue weighted by atomic mass is 9.92. The second kappa shape index (κ2) is 9.46. The van der Waals surface area contributed by atoms with Crippen molar-refractivity contribution in [1.29, 1.82) is 0 Å². The van der Waals surface area contributed by atoms with Crippen molar-refractivity contribution in [2.45, 2.75) is 46.3 Å². The van der Waals surface area contributed by atoms with Crippen LogP contribution in [0.2, 0.25) is 0 Å². The van der Waals surface area contributed by atoms with Crippen LogP contribution in [0.15, 0.2) is 35.3 Å². The molecule has 0 fully saturated rings. The third-order valence-electron chi connectivity index (χ3n) is 4.18. The highest BCUT2D eigenvalue weighted by Crippen LogP contribution is 2.64. The van der Waals surface area contributed by atoms with Crippen LogP contribution in [0.4, 0.5) is 5.69 Å². The van der Waals surface area contributed by atoms with Gasteiger partial charge in [0.25, 0.3) is 5.69 Å². The maximum absolute atomic E-state index is 13.5. The molecule has 0 unspecified atom stereocenters. The Morgan fingerprint density at radius 1 is 1.15 bits per heavy atom. The van der Waals surface area contributed by atoms with Crippen LogP contribution in [-0.2, 0) is 23.1 Å². The molecule has 1 aliphatic heterocycles. The average molecular weight is 399 g/mol. The van der Waals surface area contributed by atoms with Crippen molar-refractivity contribution in [3.63, 3.8) is 0 Å². The Morgan fingerprint density at radius 2 is 1.74 bits per heavy atom. The fraction of sp³-hybridized carbons (Fsp3) is 0.556. The Morgan fingerprint density at radius 3 is 2.22 bits per heavy atom. The summed E-state index contributed by atoms with van der Waals surface area (Å²) in [6.07, 6.45) is -0.0988. The Hall–Kier alpha value is -1.73. The first kappa shape index (κ1) is 21.6. The van der Waals surface area contributed by atoms with E-state index in [1.807, 2.05) is 6.92 Å². The van der Waals surface area contributed by atoms with E-state index < -0.39 is 18.8 Å². The molecule has 0 saturated heterocycles. The van der Waals surface area contributed by atoms with Gasteiger partial charge in [-0.25, -0.2) is 0 Å². The summed E-state index contributed by atoms with van der Waals surface area (Å²) < 4.78 is 36.0. The van der Waals surface area contributed by atoms with Gasteiger partial charge in [0.1, 0.15) is 5.76 Å². The van der Waals surface area contributed by atoms with Crippen molar-refractivity contribution in [2.75, 3.05) is 19.8 Å². The van der Waals surface area contributed by atoms with Gasteiger partial charge in [0.2, 0.25) is 0 Å². The Labute approximate surface area is 159 Å². The first-order valence-electron chi connectivity index (χ1n) is 8.99. The van der Waals surface area contributed by atoms with Crippen LogP contribution >= 0.6 is 7.60 Å². The molecule has 0 amide bonds. The monoisotopic (exact) mass is 399 g/mol. The zero-order chi connectivity index (χ0) is 20.0. The number of hydrogen-bond donors (Lipinski definition) is 0. The number of hydrogen-bond acceptors (Lipinski definition) is 7. The van der Waals surface area contributed by atoms with E-state index in [0.29, 0.717) is 24.1 Å². The number of nitro groups is 1. The molecular weight excluding hydrogens is 373 g/mol. The van der Waals surface area contributed by atoms with Crippen LogP contribution in [-0.4, -0.2) is 31.0 Å². The summed E-state index contributed by atoms with van der Waals surface area (Å²) in [5.74, 6) is 0.0772. The molecule has 0 aliphatic carbocycles. The fourth-order valence-corrected chi connectivity index (χ4v) is 5.27. The minimum atomic E-state index is -3.58. The standard InChI is InChI=1S/C18H26NO7P/c1-5-23-17-12-16(14-8-10-15(11-9-14)19(20)21)18(13(4)26-17)27(22,24-6-2)25-7-3/h8-11,16-17H,5-7,12H2,1-4H3/t16-,17-/m0/s1. The molecule has 1 aliphatic rings. The van der Waals surface area contributed by atoms with Gasteiger partial charge in [-0.05, 0) is 33.3 Å². The van der Waals surface area contributed by atoms with E-state index in [4.69, 9.17) is 18.5 Å². The smallest absolute Gasteiger partial charge is 0.361 e. The largest absolute Gasteiger partial charge is 0.469 e. The molecule has 8 nitrogen and oxygen atoms in total. The third kappa shape index (κ3) is 4.96. The molecule has 0 spiro atoms. The summed E-state index contributed by atoms with van der Waals surface area (Å²) >= 11 is 0. The van der Waals surface area contributed by atoms with E-state index >= 15 is 0 Å². The number of allylic oxidation sites excluding steroid dienone is 2. The predicted octanol–water partition coefficient (Wildman–Crippen LogP) is 4.96. The topological polar surface area (TPSA) is 97.1 Å². The van der Waals surface area contributed by atoms with E-state index in [2.05, 4.69) is 0 Å². The highest BCUT2D eigenvalue weighted by Gasteiger charge is 2.43. The molecule has 9 heteroatoms. The Balaban J connectivity index is 2.52. The number of nitrogens with zero attached hydrogens (tertiary/aromatic N) is 1. The Kier molecular flexibility index (Phi) is 7.56. The van der Waals surface area contributed by atoms with Crippen LogP contribution in [0.1, 0.15) is 45.6 Å². The normalized spacial score (nSPS) is 20.4. The van der Waals surface area contributed by atoms with E-state index in [0.717, 1.165) is 5.56 Å². The van der Waals surface area contributed by atoms with Gasteiger partial charge in [-0.1, -0.05) is 12.1 Å². The predicted molar refractivity (Wildman–Crippen MR) is 101 cm³/mol. The number of nitro benzene ring substituents is 1. The van der Waals surface area contributed by atoms with Crippen LogP contribution in [0.3, 0.4) is 0 Å². The lowest BCUT2D eigenvalue weighted by Crippen LogP contribution is -2.27. The number of ether oxygens (including phenoxy) is 2. The third-order valence-corrected chi connectivity index (χ3v) is 6.59. The molecule has 1 aromatic carbocycles. The lowest BCUT2D eigenvalue weighted by molar-refractivity contribution is -0.384. The van der Waals surface area contributed by atoms with Gasteiger partial charge in [-0.2, -0.15) is 0 Å². The van der Waals surface area contributed by atoms with Gasteiger partial charge >= 0.3 is 7.60 Å². The molecule has 0 aromatic heterocycles. The van der Waals surface area contributed by atoms with Crippen LogP contribution < -0.4 is 0 Å². The van der Waals surface area contributed by atoms with Crippen molar-refractivity contribution in [2.24, 2.45) is 0 Å². The molecular formula is C18H26NO7P. The fourth-order valence-electron chi connectivity index (χ4n) is 3.17. The van der Waals surface area contributed by atoms with E-state index in [1.54, 1.807) is 32.9 Å². The van der Waals surface area contributed by atoms with Crippen molar-refractivity contribution in [1.82, 2.24) is 0 Å². The van der Waals surface area contributed by atoms with Crippen molar-refractivity contribution in [3.8, 4) is 0 Å². The summed E-state index contributed by atoms with van der Waals surface area (Å²) in [6, 6.07) is 6.18. The summed E-state index contributed by atoms with van der Waals surface area (Å²) in [4.78, 5) is 10.5. The average Bonchev–Trinajstić information content (AvgIpc) is 2.61. The maximum Gasteiger partial charge on any atom is 0.361 e. The van der Waals surface area contributed by atoms with E-state index in [9.17, 15) is 14.7 Å². The quantitative estimate of drug-likeness (QED) is 0.329. The molecule has 0 N–H and O–H groups in total. The van der Waals surface area contributed by atoms with Gasteiger partial charge in [-0.15, -0.1) is 0 Å². The van der Waals surface area contributed by atoms with Crippen LogP contribution in [0, 0.1) is 10.1 Å². The molecule has 150 valence electrons. The summed E-state index contributed by atoms with van der Waals surface area (Å²) in [5, 5.41) is 11.4. The zero-order valence-electron chi connectivity index (χ0n) is 16.0. The van der Waals surface area contributed by atoms with E-state index in [1.165, 1.54) is 12.1 Å². The van der Waals surface area contributed by atoms with Crippen LogP contribution in [0.5, 0.6) is 0 Å². The summed E-state index contributed by atoms with van der Waals surface area (Å²) in [7, 11) is -3.58. The minimum absolute atomic E-state index is 0.00721. The number of non-ortho nitro benzene ring substituents is 1. The molecule has 0 bridgehead atoms. The Bertz CT molecular complexity index is 722. The molecule has 2 atom stereocenters. The summed E-state index contributed by atoms with van der Waals surface area (Å²) in [5.41, 5.74) is 0.759. The second-order valence-electron chi connectivity index (χ2n) is 5.91. The molecule has 1 heterocycles. The van der Waals surface area contributed by atoms with Crippen molar-refractivity contribution in [3.05, 3.63) is 51.0 Å². The van der Waals surface area contributed by atoms with Gasteiger partial charge < -0.3 is 18.5 Å². The number of rotatable bonds is 9. The van der Waals surface area contributed by atoms with E-state index in [-0.39, 0.29) is 24.8 Å². The molecule has 0 saturated carbocycles. The van der Waals surface area contributed by atoms with Crippen LogP contribution in [0.25, 0.3) is 0 Å². The highest BCUT2D eigenvalue weighted by molar-refractivity contribution is 7.58. The SMILES string of the molecule is CCO[C@@H]1C[C@@H](c2ccc([N+](=O)[O-])cc2)C(P(=O)(OCC)OCC)=C(C)O1. The van der Waals surface area contributed by atoms with Crippen molar-refractivity contribution >= 4 is 13.3 Å².